The molecule has 0 aliphatic carbocycles. The monoisotopic (exact) mass is 263 g/mol. The highest BCUT2D eigenvalue weighted by atomic mass is 16.5. The van der Waals surface area contributed by atoms with Crippen LogP contribution in [0.15, 0.2) is 18.2 Å². The molecule has 0 radical (unpaired) electrons. The van der Waals surface area contributed by atoms with Crippen molar-refractivity contribution in [1.29, 1.82) is 0 Å². The van der Waals surface area contributed by atoms with Gasteiger partial charge in [-0.3, -0.25) is 0 Å². The van der Waals surface area contributed by atoms with E-state index in [4.69, 9.17) is 9.47 Å². The Balaban J connectivity index is 2.20. The average Bonchev–Trinajstić information content (AvgIpc) is 2.95. The molecule has 0 amide bonds. The number of benzene rings is 1. The van der Waals surface area contributed by atoms with Crippen molar-refractivity contribution < 1.29 is 9.47 Å². The van der Waals surface area contributed by atoms with Gasteiger partial charge in [0, 0.05) is 18.6 Å². The van der Waals surface area contributed by atoms with Gasteiger partial charge in [0.15, 0.2) is 0 Å². The molecule has 2 rings (SSSR count). The first-order valence-electron chi connectivity index (χ1n) is 7.22. The summed E-state index contributed by atoms with van der Waals surface area (Å²) >= 11 is 0. The maximum Gasteiger partial charge on any atom is 0.122 e. The van der Waals surface area contributed by atoms with Crippen LogP contribution >= 0.6 is 0 Å². The number of aryl methyl sites for hydroxylation is 1. The molecule has 1 fully saturated rings. The molecule has 1 aliphatic heterocycles. The van der Waals surface area contributed by atoms with Crippen molar-refractivity contribution >= 4 is 0 Å². The third kappa shape index (κ3) is 3.48. The summed E-state index contributed by atoms with van der Waals surface area (Å²) < 4.78 is 11.0. The van der Waals surface area contributed by atoms with Crippen LogP contribution in [0.25, 0.3) is 0 Å². The molecule has 0 saturated carbocycles. The second kappa shape index (κ2) is 6.92. The highest BCUT2D eigenvalue weighted by Gasteiger charge is 2.26. The van der Waals surface area contributed by atoms with E-state index < -0.39 is 0 Å². The molecule has 0 spiro atoms. The van der Waals surface area contributed by atoms with Gasteiger partial charge in [-0.15, -0.1) is 0 Å². The fourth-order valence-corrected chi connectivity index (χ4v) is 2.70. The Hall–Kier alpha value is -1.06. The van der Waals surface area contributed by atoms with Gasteiger partial charge < -0.3 is 14.8 Å². The predicted molar refractivity (Wildman–Crippen MR) is 77.7 cm³/mol. The fourth-order valence-electron chi connectivity index (χ4n) is 2.70. The number of nitrogens with one attached hydrogen (secondary N) is 1. The third-order valence-corrected chi connectivity index (χ3v) is 3.84. The summed E-state index contributed by atoms with van der Waals surface area (Å²) in [6, 6.07) is 6.90. The van der Waals surface area contributed by atoms with E-state index in [9.17, 15) is 0 Å². The molecule has 3 heteroatoms. The first-order valence-corrected chi connectivity index (χ1v) is 7.22. The second-order valence-electron chi connectivity index (χ2n) is 5.28. The topological polar surface area (TPSA) is 30.5 Å². The second-order valence-corrected chi connectivity index (χ2v) is 5.28. The lowest BCUT2D eigenvalue weighted by molar-refractivity contribution is 0.176. The quantitative estimate of drug-likeness (QED) is 0.855. The van der Waals surface area contributed by atoms with Gasteiger partial charge in [-0.05, 0) is 43.5 Å². The van der Waals surface area contributed by atoms with Crippen molar-refractivity contribution in [3.63, 3.8) is 0 Å². The molecule has 1 saturated heterocycles. The van der Waals surface area contributed by atoms with E-state index in [1.54, 1.807) is 7.11 Å². The highest BCUT2D eigenvalue weighted by molar-refractivity contribution is 5.38. The normalized spacial score (nSPS) is 20.5. The number of hydrogen-bond donors (Lipinski definition) is 1. The van der Waals surface area contributed by atoms with Gasteiger partial charge in [-0.2, -0.15) is 0 Å². The van der Waals surface area contributed by atoms with E-state index in [0.717, 1.165) is 38.3 Å². The zero-order chi connectivity index (χ0) is 13.7. The highest BCUT2D eigenvalue weighted by Crippen LogP contribution is 2.31. The molecule has 2 unspecified atom stereocenters. The minimum absolute atomic E-state index is 0.372. The van der Waals surface area contributed by atoms with Crippen LogP contribution in [0.2, 0.25) is 0 Å². The average molecular weight is 263 g/mol. The van der Waals surface area contributed by atoms with Gasteiger partial charge in [-0.1, -0.05) is 19.1 Å². The molecular weight excluding hydrogens is 238 g/mol. The van der Waals surface area contributed by atoms with Crippen LogP contribution in [0, 0.1) is 12.8 Å². The Bertz CT molecular complexity index is 400. The lowest BCUT2D eigenvalue weighted by Crippen LogP contribution is -2.29. The summed E-state index contributed by atoms with van der Waals surface area (Å²) in [7, 11) is 1.74. The van der Waals surface area contributed by atoms with E-state index in [1.807, 2.05) is 0 Å². The number of methoxy groups -OCH3 is 1. The maximum absolute atomic E-state index is 5.55. The Morgan fingerprint density at radius 1 is 1.47 bits per heavy atom. The lowest BCUT2D eigenvalue weighted by Gasteiger charge is -2.25. The molecule has 19 heavy (non-hydrogen) atoms. The molecule has 2 atom stereocenters. The van der Waals surface area contributed by atoms with Crippen LogP contribution < -0.4 is 10.1 Å². The Morgan fingerprint density at radius 3 is 2.95 bits per heavy atom. The molecule has 1 heterocycles. The molecule has 3 nitrogen and oxygen atoms in total. The molecule has 1 aromatic carbocycles. The predicted octanol–water partition coefficient (Wildman–Crippen LogP) is 3.08. The molecular formula is C16H25NO2. The summed E-state index contributed by atoms with van der Waals surface area (Å²) in [5.41, 5.74) is 2.49. The van der Waals surface area contributed by atoms with Gasteiger partial charge in [0.05, 0.1) is 13.7 Å². The third-order valence-electron chi connectivity index (χ3n) is 3.84. The molecule has 1 aliphatic rings. The number of hydrogen-bond acceptors (Lipinski definition) is 3. The van der Waals surface area contributed by atoms with Gasteiger partial charge in [0.1, 0.15) is 5.75 Å². The van der Waals surface area contributed by atoms with E-state index in [2.05, 4.69) is 37.4 Å². The van der Waals surface area contributed by atoms with E-state index in [0.29, 0.717) is 12.0 Å². The lowest BCUT2D eigenvalue weighted by atomic mass is 9.91. The Kier molecular flexibility index (Phi) is 5.23. The van der Waals surface area contributed by atoms with Gasteiger partial charge in [0.25, 0.3) is 0 Å². The van der Waals surface area contributed by atoms with Crippen LogP contribution in [0.5, 0.6) is 5.75 Å². The molecule has 106 valence electrons. The minimum atomic E-state index is 0.372. The first kappa shape index (κ1) is 14.4. The van der Waals surface area contributed by atoms with Crippen LogP contribution in [0.4, 0.5) is 0 Å². The van der Waals surface area contributed by atoms with Gasteiger partial charge >= 0.3 is 0 Å². The first-order chi connectivity index (χ1) is 9.26. The standard InChI is InChI=1S/C16H25NO2/c1-4-8-17-16(14-7-9-19-11-14)13-6-5-12(2)15(10-13)18-3/h5-6,10,14,16-17H,4,7-9,11H2,1-3H3. The van der Waals surface area contributed by atoms with Gasteiger partial charge in [-0.25, -0.2) is 0 Å². The van der Waals surface area contributed by atoms with Crippen molar-refractivity contribution in [2.75, 3.05) is 26.9 Å². The Labute approximate surface area is 116 Å². The van der Waals surface area contributed by atoms with Crippen LogP contribution in [0.3, 0.4) is 0 Å². The van der Waals surface area contributed by atoms with Crippen molar-refractivity contribution in [3.05, 3.63) is 29.3 Å². The van der Waals surface area contributed by atoms with Crippen molar-refractivity contribution in [3.8, 4) is 5.75 Å². The number of rotatable bonds is 6. The molecule has 1 aromatic rings. The molecule has 0 bridgehead atoms. The van der Waals surface area contributed by atoms with E-state index in [-0.39, 0.29) is 0 Å². The minimum Gasteiger partial charge on any atom is -0.496 e. The van der Waals surface area contributed by atoms with Crippen molar-refractivity contribution in [2.45, 2.75) is 32.7 Å². The van der Waals surface area contributed by atoms with Crippen molar-refractivity contribution in [1.82, 2.24) is 5.32 Å². The smallest absolute Gasteiger partial charge is 0.122 e. The summed E-state index contributed by atoms with van der Waals surface area (Å²) in [4.78, 5) is 0. The van der Waals surface area contributed by atoms with Crippen LogP contribution in [-0.4, -0.2) is 26.9 Å². The SMILES string of the molecule is CCCNC(c1ccc(C)c(OC)c1)C1CCOC1. The summed E-state index contributed by atoms with van der Waals surface area (Å²) in [6.07, 6.45) is 2.28. The zero-order valence-corrected chi connectivity index (χ0v) is 12.2. The summed E-state index contributed by atoms with van der Waals surface area (Å²) in [6.45, 7) is 7.06. The van der Waals surface area contributed by atoms with E-state index in [1.165, 1.54) is 11.1 Å². The number of ether oxygens (including phenoxy) is 2. The summed E-state index contributed by atoms with van der Waals surface area (Å²) in [5.74, 6) is 1.54. The molecule has 1 N–H and O–H groups in total. The van der Waals surface area contributed by atoms with E-state index >= 15 is 0 Å². The van der Waals surface area contributed by atoms with Gasteiger partial charge in [0.2, 0.25) is 0 Å². The summed E-state index contributed by atoms with van der Waals surface area (Å²) in [5, 5.41) is 3.66. The van der Waals surface area contributed by atoms with Crippen molar-refractivity contribution in [2.24, 2.45) is 5.92 Å². The maximum atomic E-state index is 5.55. The van der Waals surface area contributed by atoms with Crippen LogP contribution in [-0.2, 0) is 4.74 Å². The largest absolute Gasteiger partial charge is 0.496 e. The Morgan fingerprint density at radius 2 is 2.32 bits per heavy atom. The molecule has 0 aromatic heterocycles. The fraction of sp³-hybridized carbons (Fsp3) is 0.625. The zero-order valence-electron chi connectivity index (χ0n) is 12.2. The van der Waals surface area contributed by atoms with Crippen LogP contribution in [0.1, 0.15) is 36.9 Å².